The number of anilines is 1. The van der Waals surface area contributed by atoms with Crippen molar-refractivity contribution in [2.75, 3.05) is 12.4 Å². The fourth-order valence-electron chi connectivity index (χ4n) is 3.00. The third-order valence-corrected chi connectivity index (χ3v) is 4.63. The second kappa shape index (κ2) is 7.23. The van der Waals surface area contributed by atoms with Crippen LogP contribution in [0.5, 0.6) is 0 Å². The number of benzene rings is 1. The van der Waals surface area contributed by atoms with E-state index in [9.17, 15) is 9.59 Å². The molecule has 130 valence electrons. The van der Waals surface area contributed by atoms with Crippen LogP contribution in [0.25, 0.3) is 0 Å². The fraction of sp³-hybridized carbons (Fsp3) is 0.316. The standard InChI is InChI=1S/C19H20ClN3O2/c1-12(24)22-14-8-9-15(16(20)11-14)19(25)23(2)18(13-6-7-13)17-5-3-4-10-21-17/h3-5,8-11,13,18H,6-7H2,1-2H3,(H,22,24). The molecular formula is C19H20ClN3O2. The van der Waals surface area contributed by atoms with Gasteiger partial charge < -0.3 is 10.2 Å². The van der Waals surface area contributed by atoms with Crippen LogP contribution in [0.2, 0.25) is 5.02 Å². The molecule has 0 radical (unpaired) electrons. The summed E-state index contributed by atoms with van der Waals surface area (Å²) in [7, 11) is 1.79. The van der Waals surface area contributed by atoms with Crippen molar-refractivity contribution < 1.29 is 9.59 Å². The lowest BCUT2D eigenvalue weighted by Gasteiger charge is -2.28. The van der Waals surface area contributed by atoms with Crippen LogP contribution in [0.15, 0.2) is 42.6 Å². The summed E-state index contributed by atoms with van der Waals surface area (Å²) in [6, 6.07) is 10.6. The summed E-state index contributed by atoms with van der Waals surface area (Å²) in [5.41, 5.74) is 1.88. The van der Waals surface area contributed by atoms with Gasteiger partial charge in [0.1, 0.15) is 0 Å². The van der Waals surface area contributed by atoms with Crippen molar-refractivity contribution in [2.45, 2.75) is 25.8 Å². The van der Waals surface area contributed by atoms with Gasteiger partial charge in [0.15, 0.2) is 0 Å². The Kier molecular flexibility index (Phi) is 5.04. The van der Waals surface area contributed by atoms with Crippen LogP contribution in [-0.2, 0) is 4.79 Å². The van der Waals surface area contributed by atoms with Crippen molar-refractivity contribution in [3.8, 4) is 0 Å². The van der Waals surface area contributed by atoms with Crippen LogP contribution in [0.3, 0.4) is 0 Å². The van der Waals surface area contributed by atoms with Crippen molar-refractivity contribution in [1.29, 1.82) is 0 Å². The van der Waals surface area contributed by atoms with E-state index in [4.69, 9.17) is 11.6 Å². The summed E-state index contributed by atoms with van der Waals surface area (Å²) >= 11 is 6.28. The van der Waals surface area contributed by atoms with Crippen LogP contribution in [-0.4, -0.2) is 28.7 Å². The van der Waals surface area contributed by atoms with Gasteiger partial charge in [-0.15, -0.1) is 0 Å². The fourth-order valence-corrected chi connectivity index (χ4v) is 3.27. The maximum absolute atomic E-state index is 13.0. The molecule has 3 rings (SSSR count). The molecule has 1 aliphatic carbocycles. The number of pyridine rings is 1. The number of halogens is 1. The summed E-state index contributed by atoms with van der Waals surface area (Å²) in [4.78, 5) is 30.3. The van der Waals surface area contributed by atoms with E-state index in [1.54, 1.807) is 36.3 Å². The Labute approximate surface area is 152 Å². The molecular weight excluding hydrogens is 338 g/mol. The molecule has 25 heavy (non-hydrogen) atoms. The molecule has 2 aromatic rings. The third kappa shape index (κ3) is 3.99. The van der Waals surface area contributed by atoms with Gasteiger partial charge in [0.05, 0.1) is 22.3 Å². The van der Waals surface area contributed by atoms with E-state index in [1.165, 1.54) is 6.92 Å². The van der Waals surface area contributed by atoms with Crippen LogP contribution in [0.1, 0.15) is 41.9 Å². The van der Waals surface area contributed by atoms with Gasteiger partial charge in [-0.2, -0.15) is 0 Å². The molecule has 1 unspecified atom stereocenters. The summed E-state index contributed by atoms with van der Waals surface area (Å²) in [5, 5.41) is 2.98. The van der Waals surface area contributed by atoms with E-state index >= 15 is 0 Å². The molecule has 1 saturated carbocycles. The van der Waals surface area contributed by atoms with Crippen molar-refractivity contribution in [3.63, 3.8) is 0 Å². The average molecular weight is 358 g/mol. The molecule has 0 aliphatic heterocycles. The van der Waals surface area contributed by atoms with Gasteiger partial charge >= 0.3 is 0 Å². The lowest BCUT2D eigenvalue weighted by Crippen LogP contribution is -2.33. The van der Waals surface area contributed by atoms with E-state index in [2.05, 4.69) is 10.3 Å². The molecule has 2 amide bonds. The molecule has 1 aromatic heterocycles. The Morgan fingerprint density at radius 1 is 1.28 bits per heavy atom. The number of hydrogen-bond acceptors (Lipinski definition) is 3. The van der Waals surface area contributed by atoms with Crippen molar-refractivity contribution in [2.24, 2.45) is 5.92 Å². The molecule has 1 atom stereocenters. The minimum Gasteiger partial charge on any atom is -0.333 e. The zero-order chi connectivity index (χ0) is 18.0. The van der Waals surface area contributed by atoms with E-state index < -0.39 is 0 Å². The zero-order valence-electron chi connectivity index (χ0n) is 14.2. The first-order valence-corrected chi connectivity index (χ1v) is 8.60. The lowest BCUT2D eigenvalue weighted by molar-refractivity contribution is -0.114. The first kappa shape index (κ1) is 17.4. The van der Waals surface area contributed by atoms with E-state index in [0.29, 0.717) is 22.2 Å². The molecule has 0 spiro atoms. The predicted molar refractivity (Wildman–Crippen MR) is 97.6 cm³/mol. The Balaban J connectivity index is 1.85. The molecule has 0 bridgehead atoms. The molecule has 1 heterocycles. The number of nitrogens with zero attached hydrogens (tertiary/aromatic N) is 2. The second-order valence-electron chi connectivity index (χ2n) is 6.33. The van der Waals surface area contributed by atoms with Crippen LogP contribution in [0.4, 0.5) is 5.69 Å². The number of rotatable bonds is 5. The van der Waals surface area contributed by atoms with Gasteiger partial charge in [0.2, 0.25) is 5.91 Å². The van der Waals surface area contributed by atoms with E-state index in [0.717, 1.165) is 18.5 Å². The zero-order valence-corrected chi connectivity index (χ0v) is 15.0. The summed E-state index contributed by atoms with van der Waals surface area (Å²) in [5.74, 6) is 0.0967. The highest BCUT2D eigenvalue weighted by Gasteiger charge is 2.38. The van der Waals surface area contributed by atoms with E-state index in [1.807, 2.05) is 18.2 Å². The largest absolute Gasteiger partial charge is 0.333 e. The van der Waals surface area contributed by atoms with Gasteiger partial charge in [0.25, 0.3) is 5.91 Å². The van der Waals surface area contributed by atoms with Crippen LogP contribution < -0.4 is 5.32 Å². The highest BCUT2D eigenvalue weighted by atomic mass is 35.5. The molecule has 5 nitrogen and oxygen atoms in total. The summed E-state index contributed by atoms with van der Waals surface area (Å²) < 4.78 is 0. The topological polar surface area (TPSA) is 62.3 Å². The Bertz CT molecular complexity index is 791. The highest BCUT2D eigenvalue weighted by Crippen LogP contribution is 2.44. The predicted octanol–water partition coefficient (Wildman–Crippen LogP) is 3.92. The summed E-state index contributed by atoms with van der Waals surface area (Å²) in [6.07, 6.45) is 3.93. The smallest absolute Gasteiger partial charge is 0.255 e. The maximum Gasteiger partial charge on any atom is 0.255 e. The first-order valence-electron chi connectivity index (χ1n) is 8.22. The third-order valence-electron chi connectivity index (χ3n) is 4.32. The molecule has 1 N–H and O–H groups in total. The minimum atomic E-state index is -0.184. The monoisotopic (exact) mass is 357 g/mol. The molecule has 0 saturated heterocycles. The number of carbonyl (C=O) groups excluding carboxylic acids is 2. The van der Waals surface area contributed by atoms with Gasteiger partial charge in [-0.25, -0.2) is 0 Å². The van der Waals surface area contributed by atoms with Crippen LogP contribution >= 0.6 is 11.6 Å². The van der Waals surface area contributed by atoms with Gasteiger partial charge in [0, 0.05) is 25.9 Å². The van der Waals surface area contributed by atoms with Gasteiger partial charge in [-0.3, -0.25) is 14.6 Å². The Hall–Kier alpha value is -2.40. The Morgan fingerprint density at radius 3 is 2.60 bits per heavy atom. The SMILES string of the molecule is CC(=O)Nc1ccc(C(=O)N(C)C(c2ccccn2)C2CC2)c(Cl)c1. The normalized spacial score (nSPS) is 14.7. The average Bonchev–Trinajstić information content (AvgIpc) is 3.40. The number of carbonyl (C=O) groups is 2. The molecule has 1 fully saturated rings. The van der Waals surface area contributed by atoms with E-state index in [-0.39, 0.29) is 17.9 Å². The first-order chi connectivity index (χ1) is 12.0. The molecule has 1 aromatic carbocycles. The minimum absolute atomic E-state index is 0.0558. The Morgan fingerprint density at radius 2 is 2.04 bits per heavy atom. The quantitative estimate of drug-likeness (QED) is 0.882. The molecule has 6 heteroatoms. The second-order valence-corrected chi connectivity index (χ2v) is 6.74. The van der Waals surface area contributed by atoms with Gasteiger partial charge in [-0.1, -0.05) is 17.7 Å². The van der Waals surface area contributed by atoms with Crippen LogP contribution in [0, 0.1) is 5.92 Å². The molecule has 1 aliphatic rings. The highest BCUT2D eigenvalue weighted by molar-refractivity contribution is 6.34. The maximum atomic E-state index is 13.0. The van der Waals surface area contributed by atoms with Crippen molar-refractivity contribution in [1.82, 2.24) is 9.88 Å². The summed E-state index contributed by atoms with van der Waals surface area (Å²) in [6.45, 7) is 1.42. The number of nitrogens with one attached hydrogen (secondary N) is 1. The lowest BCUT2D eigenvalue weighted by atomic mass is 10.0. The number of hydrogen-bond donors (Lipinski definition) is 1. The number of aromatic nitrogens is 1. The van der Waals surface area contributed by atoms with Gasteiger partial charge in [-0.05, 0) is 49.1 Å². The number of amides is 2. The van der Waals surface area contributed by atoms with Crippen molar-refractivity contribution in [3.05, 3.63) is 58.9 Å². The van der Waals surface area contributed by atoms with Crippen molar-refractivity contribution >= 4 is 29.1 Å².